The topological polar surface area (TPSA) is 49.4 Å². The van der Waals surface area contributed by atoms with Crippen LogP contribution in [0.5, 0.6) is 0 Å². The van der Waals surface area contributed by atoms with Crippen LogP contribution >= 0.6 is 11.8 Å². The molecule has 2 aliphatic rings. The van der Waals surface area contributed by atoms with Crippen molar-refractivity contribution < 1.29 is 9.59 Å². The molecule has 5 heteroatoms. The van der Waals surface area contributed by atoms with Gasteiger partial charge in [-0.2, -0.15) is 0 Å². The number of rotatable bonds is 2. The number of fused-ring (bicyclic) bond motifs is 1. The summed E-state index contributed by atoms with van der Waals surface area (Å²) in [6.07, 6.45) is 1.42. The number of nitrogens with zero attached hydrogens (tertiary/aromatic N) is 1. The van der Waals surface area contributed by atoms with E-state index in [-0.39, 0.29) is 18.4 Å². The largest absolute Gasteiger partial charge is 0.347 e. The van der Waals surface area contributed by atoms with Crippen LogP contribution in [0.4, 0.5) is 0 Å². The monoisotopic (exact) mass is 276 g/mol. The van der Waals surface area contributed by atoms with Crippen LogP contribution in [0.25, 0.3) is 0 Å². The number of nitrogens with one attached hydrogen (secondary N) is 1. The van der Waals surface area contributed by atoms with Gasteiger partial charge in [0.2, 0.25) is 11.8 Å². The third kappa shape index (κ3) is 2.76. The Labute approximate surface area is 116 Å². The number of thioether (sulfide) groups is 1. The van der Waals surface area contributed by atoms with E-state index in [1.807, 2.05) is 22.7 Å². The lowest BCUT2D eigenvalue weighted by molar-refractivity contribution is -0.130. The third-order valence-electron chi connectivity index (χ3n) is 3.54. The van der Waals surface area contributed by atoms with E-state index in [1.165, 1.54) is 10.5 Å². The number of hydrogen-bond donors (Lipinski definition) is 1. The molecule has 2 heterocycles. The minimum Gasteiger partial charge on any atom is -0.347 e. The van der Waals surface area contributed by atoms with Crippen molar-refractivity contribution in [3.63, 3.8) is 0 Å². The van der Waals surface area contributed by atoms with Crippen LogP contribution in [-0.2, 0) is 16.0 Å². The molecule has 0 spiro atoms. The van der Waals surface area contributed by atoms with E-state index in [2.05, 4.69) is 23.5 Å². The fourth-order valence-electron chi connectivity index (χ4n) is 2.53. The second-order valence-electron chi connectivity index (χ2n) is 4.92. The zero-order valence-corrected chi connectivity index (χ0v) is 11.4. The number of benzene rings is 1. The second kappa shape index (κ2) is 5.25. The minimum absolute atomic E-state index is 0.0294. The highest BCUT2D eigenvalue weighted by atomic mass is 32.2. The Hall–Kier alpha value is -1.49. The van der Waals surface area contributed by atoms with Gasteiger partial charge in [0.1, 0.15) is 0 Å². The van der Waals surface area contributed by atoms with Crippen LogP contribution in [-0.4, -0.2) is 41.6 Å². The van der Waals surface area contributed by atoms with Gasteiger partial charge in [-0.15, -0.1) is 11.8 Å². The summed E-state index contributed by atoms with van der Waals surface area (Å²) in [4.78, 5) is 26.4. The Bertz CT molecular complexity index is 493. The van der Waals surface area contributed by atoms with Gasteiger partial charge in [0.15, 0.2) is 0 Å². The summed E-state index contributed by atoms with van der Waals surface area (Å²) in [6, 6.07) is 8.39. The molecule has 0 aromatic heterocycles. The summed E-state index contributed by atoms with van der Waals surface area (Å²) in [5.74, 6) is 0.000572. The van der Waals surface area contributed by atoms with E-state index in [0.717, 1.165) is 13.0 Å². The van der Waals surface area contributed by atoms with Crippen molar-refractivity contribution in [3.8, 4) is 0 Å². The molecule has 1 unspecified atom stereocenters. The van der Waals surface area contributed by atoms with Gasteiger partial charge in [0.25, 0.3) is 0 Å². The van der Waals surface area contributed by atoms with Crippen LogP contribution in [0, 0.1) is 0 Å². The number of carbonyl (C=O) groups excluding carboxylic acids is 2. The SMILES string of the molecule is O=C1CCN(CC2Cc3ccccc3S2)C(=O)CN1. The molecule has 1 aromatic carbocycles. The Balaban J connectivity index is 1.63. The smallest absolute Gasteiger partial charge is 0.242 e. The van der Waals surface area contributed by atoms with Gasteiger partial charge in [-0.1, -0.05) is 18.2 Å². The third-order valence-corrected chi connectivity index (χ3v) is 4.84. The maximum absolute atomic E-state index is 11.9. The lowest BCUT2D eigenvalue weighted by atomic mass is 10.1. The molecule has 0 bridgehead atoms. The van der Waals surface area contributed by atoms with Crippen LogP contribution in [0.3, 0.4) is 0 Å². The first kappa shape index (κ1) is 12.5. The summed E-state index contributed by atoms with van der Waals surface area (Å²) in [5.41, 5.74) is 1.37. The van der Waals surface area contributed by atoms with Crippen LogP contribution in [0.1, 0.15) is 12.0 Å². The highest BCUT2D eigenvalue weighted by Gasteiger charge is 2.27. The van der Waals surface area contributed by atoms with Gasteiger partial charge < -0.3 is 10.2 Å². The maximum atomic E-state index is 11.9. The molecule has 19 heavy (non-hydrogen) atoms. The molecule has 0 aliphatic carbocycles. The Morgan fingerprint density at radius 3 is 3.00 bits per heavy atom. The molecule has 3 rings (SSSR count). The molecule has 1 aromatic rings. The molecule has 0 radical (unpaired) electrons. The molecule has 1 N–H and O–H groups in total. The summed E-state index contributed by atoms with van der Waals surface area (Å²) < 4.78 is 0. The van der Waals surface area contributed by atoms with Gasteiger partial charge in [0.05, 0.1) is 6.54 Å². The van der Waals surface area contributed by atoms with Crippen molar-refractivity contribution in [1.82, 2.24) is 10.2 Å². The molecule has 2 aliphatic heterocycles. The number of carbonyl (C=O) groups is 2. The van der Waals surface area contributed by atoms with Crippen molar-refractivity contribution >= 4 is 23.6 Å². The van der Waals surface area contributed by atoms with Crippen molar-refractivity contribution in [2.24, 2.45) is 0 Å². The zero-order valence-electron chi connectivity index (χ0n) is 10.6. The molecular formula is C14H16N2O2S. The Morgan fingerprint density at radius 2 is 2.16 bits per heavy atom. The van der Waals surface area contributed by atoms with Crippen molar-refractivity contribution in [2.45, 2.75) is 23.0 Å². The van der Waals surface area contributed by atoms with Crippen molar-refractivity contribution in [2.75, 3.05) is 19.6 Å². The second-order valence-corrected chi connectivity index (χ2v) is 6.26. The fourth-order valence-corrected chi connectivity index (χ4v) is 3.87. The van der Waals surface area contributed by atoms with E-state index < -0.39 is 0 Å². The highest BCUT2D eigenvalue weighted by molar-refractivity contribution is 8.00. The summed E-state index contributed by atoms with van der Waals surface area (Å²) >= 11 is 1.84. The van der Waals surface area contributed by atoms with Crippen LogP contribution in [0.2, 0.25) is 0 Å². The van der Waals surface area contributed by atoms with E-state index >= 15 is 0 Å². The van der Waals surface area contributed by atoms with E-state index in [9.17, 15) is 9.59 Å². The van der Waals surface area contributed by atoms with Crippen molar-refractivity contribution in [3.05, 3.63) is 29.8 Å². The average molecular weight is 276 g/mol. The van der Waals surface area contributed by atoms with Gasteiger partial charge in [-0.05, 0) is 18.1 Å². The highest BCUT2D eigenvalue weighted by Crippen LogP contribution is 2.37. The fraction of sp³-hybridized carbons (Fsp3) is 0.429. The summed E-state index contributed by atoms with van der Waals surface area (Å²) in [5, 5.41) is 3.04. The average Bonchev–Trinajstić information content (AvgIpc) is 2.75. The maximum Gasteiger partial charge on any atom is 0.242 e. The molecule has 4 nitrogen and oxygen atoms in total. The summed E-state index contributed by atoms with van der Waals surface area (Å²) in [6.45, 7) is 1.41. The van der Waals surface area contributed by atoms with Crippen LogP contribution in [0.15, 0.2) is 29.2 Å². The van der Waals surface area contributed by atoms with Gasteiger partial charge in [0, 0.05) is 29.7 Å². The number of hydrogen-bond acceptors (Lipinski definition) is 3. The zero-order chi connectivity index (χ0) is 13.2. The molecule has 1 saturated heterocycles. The molecule has 1 atom stereocenters. The minimum atomic E-state index is -0.0294. The first-order valence-electron chi connectivity index (χ1n) is 6.51. The molecule has 2 amide bonds. The summed E-state index contributed by atoms with van der Waals surface area (Å²) in [7, 11) is 0. The lowest BCUT2D eigenvalue weighted by Crippen LogP contribution is -2.39. The standard InChI is InChI=1S/C14H16N2O2S/c17-13-5-6-16(14(18)8-15-13)9-11-7-10-3-1-2-4-12(10)19-11/h1-4,11H,5-9H2,(H,15,17). The van der Waals surface area contributed by atoms with Crippen LogP contribution < -0.4 is 5.32 Å². The number of amides is 2. The lowest BCUT2D eigenvalue weighted by Gasteiger charge is -2.22. The van der Waals surface area contributed by atoms with E-state index in [0.29, 0.717) is 18.2 Å². The predicted molar refractivity (Wildman–Crippen MR) is 74.0 cm³/mol. The Kier molecular flexibility index (Phi) is 3.46. The van der Waals surface area contributed by atoms with Crippen molar-refractivity contribution in [1.29, 1.82) is 0 Å². The first-order valence-corrected chi connectivity index (χ1v) is 7.39. The molecule has 100 valence electrons. The van der Waals surface area contributed by atoms with Gasteiger partial charge in [-0.25, -0.2) is 0 Å². The van der Waals surface area contributed by atoms with E-state index in [1.54, 1.807) is 0 Å². The van der Waals surface area contributed by atoms with E-state index in [4.69, 9.17) is 0 Å². The molecular weight excluding hydrogens is 260 g/mol. The quantitative estimate of drug-likeness (QED) is 0.878. The Morgan fingerprint density at radius 1 is 1.32 bits per heavy atom. The van der Waals surface area contributed by atoms with Gasteiger partial charge >= 0.3 is 0 Å². The normalized spacial score (nSPS) is 22.9. The predicted octanol–water partition coefficient (Wildman–Crippen LogP) is 1.05. The van der Waals surface area contributed by atoms with Gasteiger partial charge in [-0.3, -0.25) is 9.59 Å². The molecule has 1 fully saturated rings. The molecule has 0 saturated carbocycles. The first-order chi connectivity index (χ1) is 9.22.